The first-order valence-electron chi connectivity index (χ1n) is 11.5. The number of halogens is 2. The molecule has 1 N–H and O–H groups in total. The third kappa shape index (κ3) is 8.48. The second-order valence-corrected chi connectivity index (χ2v) is 8.91. The molecule has 0 radical (unpaired) electrons. The Hall–Kier alpha value is -2.04. The molecule has 0 bridgehead atoms. The number of benzene rings is 2. The number of anilines is 1. The largest absolute Gasteiger partial charge is 0.342 e. The van der Waals surface area contributed by atoms with Crippen molar-refractivity contribution in [3.8, 4) is 0 Å². The van der Waals surface area contributed by atoms with E-state index in [1.54, 1.807) is 18.2 Å². The molecular weight excluding hydrogens is 443 g/mol. The molecule has 2 aromatic carbocycles. The molecule has 0 aliphatic heterocycles. The number of hydrogen-bond donors (Lipinski definition) is 1. The minimum Gasteiger partial charge on any atom is -0.342 e. The Morgan fingerprint density at radius 2 is 1.50 bits per heavy atom. The lowest BCUT2D eigenvalue weighted by Gasteiger charge is -2.27. The van der Waals surface area contributed by atoms with Crippen LogP contribution in [0.15, 0.2) is 48.5 Å². The molecule has 0 heterocycles. The Balaban J connectivity index is 2.24. The lowest BCUT2D eigenvalue weighted by molar-refractivity contribution is -0.140. The van der Waals surface area contributed by atoms with Gasteiger partial charge < -0.3 is 10.2 Å². The highest BCUT2D eigenvalue weighted by atomic mass is 35.5. The van der Waals surface area contributed by atoms with Crippen molar-refractivity contribution in [2.75, 3.05) is 18.4 Å². The van der Waals surface area contributed by atoms with Crippen molar-refractivity contribution in [1.29, 1.82) is 0 Å². The van der Waals surface area contributed by atoms with Crippen molar-refractivity contribution >= 4 is 40.7 Å². The van der Waals surface area contributed by atoms with Gasteiger partial charge in [-0.2, -0.15) is 0 Å². The van der Waals surface area contributed by atoms with Crippen LogP contribution in [0, 0.1) is 5.92 Å². The molecule has 2 aromatic rings. The van der Waals surface area contributed by atoms with Crippen LogP contribution in [0.2, 0.25) is 10.0 Å². The van der Waals surface area contributed by atoms with E-state index in [1.165, 1.54) is 0 Å². The van der Waals surface area contributed by atoms with E-state index in [2.05, 4.69) is 19.2 Å². The van der Waals surface area contributed by atoms with Crippen molar-refractivity contribution in [2.24, 2.45) is 5.92 Å². The molecule has 0 saturated carbocycles. The molecule has 0 saturated heterocycles. The molecule has 2 rings (SSSR count). The average Bonchev–Trinajstić information content (AvgIpc) is 2.79. The van der Waals surface area contributed by atoms with Gasteiger partial charge in [0.25, 0.3) is 0 Å². The maximum absolute atomic E-state index is 13.6. The summed E-state index contributed by atoms with van der Waals surface area (Å²) < 4.78 is 0. The van der Waals surface area contributed by atoms with E-state index in [9.17, 15) is 9.59 Å². The SMILES string of the molecule is CCCCCN(CCCCC)C(=O)C(Cc1ccccc1)C(=O)Nc1ccc(Cl)c(Cl)c1. The van der Waals surface area contributed by atoms with Gasteiger partial charge in [-0.25, -0.2) is 0 Å². The number of unbranched alkanes of at least 4 members (excludes halogenated alkanes) is 4. The molecule has 1 unspecified atom stereocenters. The summed E-state index contributed by atoms with van der Waals surface area (Å²) in [6.45, 7) is 5.65. The molecule has 0 aromatic heterocycles. The molecule has 4 nitrogen and oxygen atoms in total. The first-order chi connectivity index (χ1) is 15.5. The zero-order valence-corrected chi connectivity index (χ0v) is 20.6. The second-order valence-electron chi connectivity index (χ2n) is 8.10. The van der Waals surface area contributed by atoms with Crippen molar-refractivity contribution < 1.29 is 9.59 Å². The topological polar surface area (TPSA) is 49.4 Å². The fourth-order valence-electron chi connectivity index (χ4n) is 3.60. The third-order valence-electron chi connectivity index (χ3n) is 5.46. The van der Waals surface area contributed by atoms with Crippen molar-refractivity contribution in [1.82, 2.24) is 4.90 Å². The fraction of sp³-hybridized carbons (Fsp3) is 0.462. The van der Waals surface area contributed by atoms with Crippen molar-refractivity contribution in [3.05, 3.63) is 64.1 Å². The van der Waals surface area contributed by atoms with Crippen LogP contribution >= 0.6 is 23.2 Å². The van der Waals surface area contributed by atoms with E-state index >= 15 is 0 Å². The smallest absolute Gasteiger partial charge is 0.237 e. The molecule has 0 aliphatic rings. The minimum absolute atomic E-state index is 0.112. The number of carbonyl (C=O) groups is 2. The zero-order valence-electron chi connectivity index (χ0n) is 19.1. The Bertz CT molecular complexity index is 848. The summed E-state index contributed by atoms with van der Waals surface area (Å²) in [4.78, 5) is 28.8. The summed E-state index contributed by atoms with van der Waals surface area (Å²) in [5, 5.41) is 3.64. The number of carbonyl (C=O) groups excluding carboxylic acids is 2. The first kappa shape index (κ1) is 26.2. The predicted octanol–water partition coefficient (Wildman–Crippen LogP) is 7.00. The van der Waals surface area contributed by atoms with Gasteiger partial charge in [0.1, 0.15) is 5.92 Å². The lowest BCUT2D eigenvalue weighted by Crippen LogP contribution is -2.43. The zero-order chi connectivity index (χ0) is 23.3. The number of amides is 2. The number of nitrogens with one attached hydrogen (secondary N) is 1. The lowest BCUT2D eigenvalue weighted by atomic mass is 9.96. The van der Waals surface area contributed by atoms with E-state index in [-0.39, 0.29) is 11.8 Å². The number of hydrogen-bond acceptors (Lipinski definition) is 2. The summed E-state index contributed by atoms with van der Waals surface area (Å²) in [5.74, 6) is -1.25. The van der Waals surface area contributed by atoms with Crippen molar-refractivity contribution in [2.45, 2.75) is 58.8 Å². The van der Waals surface area contributed by atoms with E-state index < -0.39 is 5.92 Å². The van der Waals surface area contributed by atoms with Crippen LogP contribution in [0.1, 0.15) is 57.9 Å². The van der Waals surface area contributed by atoms with Crippen LogP contribution in [0.3, 0.4) is 0 Å². The molecule has 0 aliphatic carbocycles. The maximum Gasteiger partial charge on any atom is 0.237 e. The summed E-state index contributed by atoms with van der Waals surface area (Å²) in [5.41, 5.74) is 1.48. The minimum atomic E-state index is -0.810. The standard InChI is InChI=1S/C26H34Cl2N2O2/c1-3-5-10-16-30(17-11-6-4-2)26(32)22(18-20-12-8-7-9-13-20)25(31)29-21-14-15-23(27)24(28)19-21/h7-9,12-15,19,22H,3-6,10-11,16-18H2,1-2H3,(H,29,31). The van der Waals surface area contributed by atoms with Crippen LogP contribution in [-0.4, -0.2) is 29.8 Å². The van der Waals surface area contributed by atoms with Crippen molar-refractivity contribution in [3.63, 3.8) is 0 Å². The Kier molecular flexibility index (Phi) is 11.6. The Morgan fingerprint density at radius 3 is 2.06 bits per heavy atom. The molecule has 0 fully saturated rings. The predicted molar refractivity (Wildman–Crippen MR) is 134 cm³/mol. The normalized spacial score (nSPS) is 11.8. The van der Waals surface area contributed by atoms with E-state index in [4.69, 9.17) is 23.2 Å². The van der Waals surface area contributed by atoms with E-state index in [1.807, 2.05) is 35.2 Å². The summed E-state index contributed by atoms with van der Waals surface area (Å²) in [7, 11) is 0. The molecule has 32 heavy (non-hydrogen) atoms. The molecule has 174 valence electrons. The van der Waals surface area contributed by atoms with Crippen LogP contribution in [0.4, 0.5) is 5.69 Å². The highest BCUT2D eigenvalue weighted by Crippen LogP contribution is 2.26. The first-order valence-corrected chi connectivity index (χ1v) is 12.3. The third-order valence-corrected chi connectivity index (χ3v) is 6.20. The monoisotopic (exact) mass is 476 g/mol. The second kappa shape index (κ2) is 14.2. The van der Waals surface area contributed by atoms with Crippen LogP contribution < -0.4 is 5.32 Å². The van der Waals surface area contributed by atoms with Gasteiger partial charge in [-0.15, -0.1) is 0 Å². The van der Waals surface area contributed by atoms with Crippen LogP contribution in [0.5, 0.6) is 0 Å². The van der Waals surface area contributed by atoms with Gasteiger partial charge in [-0.1, -0.05) is 93.1 Å². The Morgan fingerprint density at radius 1 is 0.875 bits per heavy atom. The summed E-state index contributed by atoms with van der Waals surface area (Å²) in [6.07, 6.45) is 6.55. The van der Waals surface area contributed by atoms with E-state index in [0.29, 0.717) is 35.2 Å². The molecule has 6 heteroatoms. The van der Waals surface area contributed by atoms with Crippen LogP contribution in [-0.2, 0) is 16.0 Å². The average molecular weight is 477 g/mol. The van der Waals surface area contributed by atoms with Gasteiger partial charge >= 0.3 is 0 Å². The Labute approximate surface area is 202 Å². The van der Waals surface area contributed by atoms with E-state index in [0.717, 1.165) is 44.1 Å². The van der Waals surface area contributed by atoms with Crippen LogP contribution in [0.25, 0.3) is 0 Å². The van der Waals surface area contributed by atoms with Gasteiger partial charge in [0.2, 0.25) is 11.8 Å². The van der Waals surface area contributed by atoms with Gasteiger partial charge in [0.15, 0.2) is 0 Å². The highest BCUT2D eigenvalue weighted by Gasteiger charge is 2.31. The summed E-state index contributed by atoms with van der Waals surface area (Å²) >= 11 is 12.1. The van der Waals surface area contributed by atoms with Gasteiger partial charge in [-0.3, -0.25) is 9.59 Å². The number of rotatable bonds is 13. The van der Waals surface area contributed by atoms with Gasteiger partial charge in [0, 0.05) is 18.8 Å². The van der Waals surface area contributed by atoms with Gasteiger partial charge in [-0.05, 0) is 43.0 Å². The molecule has 1 atom stereocenters. The molecule has 2 amide bonds. The quantitative estimate of drug-likeness (QED) is 0.249. The fourth-order valence-corrected chi connectivity index (χ4v) is 3.90. The highest BCUT2D eigenvalue weighted by molar-refractivity contribution is 6.42. The maximum atomic E-state index is 13.6. The molecular formula is C26H34Cl2N2O2. The number of nitrogens with zero attached hydrogens (tertiary/aromatic N) is 1. The molecule has 0 spiro atoms. The summed E-state index contributed by atoms with van der Waals surface area (Å²) in [6, 6.07) is 14.6. The van der Waals surface area contributed by atoms with Gasteiger partial charge in [0.05, 0.1) is 10.0 Å².